The molecule has 1 fully saturated rings. The number of anilines is 1. The first-order chi connectivity index (χ1) is 8.33. The van der Waals surface area contributed by atoms with Crippen LogP contribution in [-0.4, -0.2) is 15.0 Å². The predicted octanol–water partition coefficient (Wildman–Crippen LogP) is 2.51. The van der Waals surface area contributed by atoms with Crippen LogP contribution in [0, 0.1) is 11.8 Å². The molecule has 1 saturated carbocycles. The largest absolute Gasteiger partial charge is 0.396 e. The van der Waals surface area contributed by atoms with E-state index in [2.05, 4.69) is 11.6 Å². The molecule has 3 N–H and O–H groups in total. The van der Waals surface area contributed by atoms with Crippen LogP contribution < -0.4 is 10.5 Å². The van der Waals surface area contributed by atoms with Gasteiger partial charge in [0.1, 0.15) is 4.90 Å². The van der Waals surface area contributed by atoms with Crippen LogP contribution in [0.5, 0.6) is 0 Å². The third-order valence-corrected chi connectivity index (χ3v) is 5.51. The van der Waals surface area contributed by atoms with E-state index >= 15 is 0 Å². The lowest BCUT2D eigenvalue weighted by molar-refractivity contribution is 0.574. The van der Waals surface area contributed by atoms with Crippen molar-refractivity contribution in [2.45, 2.75) is 18.2 Å². The lowest BCUT2D eigenvalue weighted by Crippen LogP contribution is -2.26. The Labute approximate surface area is 117 Å². The summed E-state index contributed by atoms with van der Waals surface area (Å²) in [6.07, 6.45) is 1.05. The van der Waals surface area contributed by atoms with Crippen molar-refractivity contribution < 1.29 is 8.42 Å². The average Bonchev–Trinajstić information content (AvgIpc) is 3.00. The number of nitrogens with one attached hydrogen (secondary N) is 1. The van der Waals surface area contributed by atoms with Gasteiger partial charge in [-0.25, -0.2) is 13.1 Å². The zero-order chi connectivity index (χ0) is 13.5. The predicted molar refractivity (Wildman–Crippen MR) is 73.3 cm³/mol. The maximum Gasteiger partial charge on any atom is 0.242 e. The standard InChI is InChI=1S/C11H14Cl2N2O2S/c1-6-4-7(6)5-15-18(16,17)9-3-2-8(12)11(14)10(9)13/h2-3,6-7,15H,4-5,14H2,1H3. The number of halogens is 2. The van der Waals surface area contributed by atoms with E-state index in [1.807, 2.05) is 0 Å². The topological polar surface area (TPSA) is 72.2 Å². The van der Waals surface area contributed by atoms with Gasteiger partial charge in [-0.3, -0.25) is 0 Å². The highest BCUT2D eigenvalue weighted by Gasteiger charge is 2.33. The molecule has 1 aliphatic rings. The summed E-state index contributed by atoms with van der Waals surface area (Å²) in [7, 11) is -3.63. The maximum absolute atomic E-state index is 12.1. The second kappa shape index (κ2) is 4.89. The summed E-state index contributed by atoms with van der Waals surface area (Å²) in [6, 6.07) is 2.79. The van der Waals surface area contributed by atoms with Gasteiger partial charge in [0, 0.05) is 6.54 Å². The van der Waals surface area contributed by atoms with Crippen LogP contribution >= 0.6 is 23.2 Å². The molecule has 100 valence electrons. The van der Waals surface area contributed by atoms with Crippen LogP contribution in [0.2, 0.25) is 10.0 Å². The van der Waals surface area contributed by atoms with Crippen LogP contribution in [0.25, 0.3) is 0 Å². The van der Waals surface area contributed by atoms with Crippen molar-refractivity contribution in [2.24, 2.45) is 11.8 Å². The molecule has 18 heavy (non-hydrogen) atoms. The highest BCUT2D eigenvalue weighted by molar-refractivity contribution is 7.89. The highest BCUT2D eigenvalue weighted by atomic mass is 35.5. The number of nitrogen functional groups attached to an aromatic ring is 1. The fourth-order valence-corrected chi connectivity index (χ4v) is 3.59. The molecule has 0 bridgehead atoms. The average molecular weight is 309 g/mol. The van der Waals surface area contributed by atoms with Gasteiger partial charge >= 0.3 is 0 Å². The zero-order valence-electron chi connectivity index (χ0n) is 9.78. The van der Waals surface area contributed by atoms with Gasteiger partial charge in [-0.2, -0.15) is 0 Å². The molecule has 2 atom stereocenters. The lowest BCUT2D eigenvalue weighted by Gasteiger charge is -2.10. The summed E-state index contributed by atoms with van der Waals surface area (Å²) in [6.45, 7) is 2.52. The summed E-state index contributed by atoms with van der Waals surface area (Å²) in [5.74, 6) is 1.00. The Bertz CT molecular complexity index is 575. The van der Waals surface area contributed by atoms with E-state index in [4.69, 9.17) is 28.9 Å². The van der Waals surface area contributed by atoms with E-state index in [0.717, 1.165) is 6.42 Å². The monoisotopic (exact) mass is 308 g/mol. The Morgan fingerprint density at radius 1 is 1.44 bits per heavy atom. The number of sulfonamides is 1. The number of benzene rings is 1. The molecular formula is C11H14Cl2N2O2S. The quantitative estimate of drug-likeness (QED) is 0.839. The van der Waals surface area contributed by atoms with Crippen molar-refractivity contribution in [3.05, 3.63) is 22.2 Å². The van der Waals surface area contributed by atoms with Crippen LogP contribution in [0.3, 0.4) is 0 Å². The molecule has 7 heteroatoms. The molecule has 2 unspecified atom stereocenters. The van der Waals surface area contributed by atoms with Crippen LogP contribution in [0.1, 0.15) is 13.3 Å². The first-order valence-electron chi connectivity index (χ1n) is 5.56. The smallest absolute Gasteiger partial charge is 0.242 e. The minimum Gasteiger partial charge on any atom is -0.396 e. The van der Waals surface area contributed by atoms with Crippen molar-refractivity contribution in [3.63, 3.8) is 0 Å². The minimum atomic E-state index is -3.63. The molecule has 1 aromatic rings. The van der Waals surface area contributed by atoms with Crippen LogP contribution in [0.15, 0.2) is 17.0 Å². The van der Waals surface area contributed by atoms with Gasteiger partial charge in [-0.1, -0.05) is 30.1 Å². The molecule has 1 aliphatic carbocycles. The SMILES string of the molecule is CC1CC1CNS(=O)(=O)c1ccc(Cl)c(N)c1Cl. The van der Waals surface area contributed by atoms with Crippen molar-refractivity contribution in [2.75, 3.05) is 12.3 Å². The molecule has 1 aromatic carbocycles. The summed E-state index contributed by atoms with van der Waals surface area (Å²) >= 11 is 11.7. The van der Waals surface area contributed by atoms with Crippen LogP contribution in [0.4, 0.5) is 5.69 Å². The third kappa shape index (κ3) is 2.74. The van der Waals surface area contributed by atoms with E-state index in [1.165, 1.54) is 12.1 Å². The molecular weight excluding hydrogens is 295 g/mol. The Hall–Kier alpha value is -0.490. The number of nitrogens with two attached hydrogens (primary N) is 1. The van der Waals surface area contributed by atoms with E-state index in [-0.39, 0.29) is 20.6 Å². The molecule has 0 spiro atoms. The Morgan fingerprint density at radius 3 is 2.61 bits per heavy atom. The molecule has 0 heterocycles. The van der Waals surface area contributed by atoms with Gasteiger partial charge in [0.15, 0.2) is 0 Å². The molecule has 0 radical (unpaired) electrons. The first kappa shape index (κ1) is 13.9. The van der Waals surface area contributed by atoms with Gasteiger partial charge < -0.3 is 5.73 Å². The fourth-order valence-electron chi connectivity index (χ4n) is 1.73. The number of hydrogen-bond acceptors (Lipinski definition) is 3. The number of rotatable bonds is 4. The van der Waals surface area contributed by atoms with Gasteiger partial charge in [0.05, 0.1) is 15.7 Å². The Balaban J connectivity index is 2.21. The van der Waals surface area contributed by atoms with Gasteiger partial charge in [0.25, 0.3) is 0 Å². The molecule has 0 amide bonds. The van der Waals surface area contributed by atoms with E-state index in [9.17, 15) is 8.42 Å². The lowest BCUT2D eigenvalue weighted by atomic mass is 10.3. The third-order valence-electron chi connectivity index (χ3n) is 3.19. The highest BCUT2D eigenvalue weighted by Crippen LogP contribution is 2.37. The van der Waals surface area contributed by atoms with Crippen molar-refractivity contribution in [1.29, 1.82) is 0 Å². The van der Waals surface area contributed by atoms with Crippen molar-refractivity contribution in [1.82, 2.24) is 4.72 Å². The second-order valence-electron chi connectivity index (χ2n) is 4.60. The summed E-state index contributed by atoms with van der Waals surface area (Å²) in [4.78, 5) is -0.0284. The van der Waals surface area contributed by atoms with E-state index in [0.29, 0.717) is 18.4 Å². The van der Waals surface area contributed by atoms with Crippen molar-refractivity contribution in [3.8, 4) is 0 Å². The Morgan fingerprint density at radius 2 is 2.06 bits per heavy atom. The van der Waals surface area contributed by atoms with E-state index < -0.39 is 10.0 Å². The van der Waals surface area contributed by atoms with E-state index in [1.54, 1.807) is 0 Å². The zero-order valence-corrected chi connectivity index (χ0v) is 12.1. The molecule has 0 aliphatic heterocycles. The van der Waals surface area contributed by atoms with Gasteiger partial charge in [-0.15, -0.1) is 0 Å². The first-order valence-corrected chi connectivity index (χ1v) is 7.80. The molecule has 2 rings (SSSR count). The summed E-state index contributed by atoms with van der Waals surface area (Å²) < 4.78 is 26.7. The van der Waals surface area contributed by atoms with Crippen LogP contribution in [-0.2, 0) is 10.0 Å². The van der Waals surface area contributed by atoms with Gasteiger partial charge in [0.2, 0.25) is 10.0 Å². The molecule has 4 nitrogen and oxygen atoms in total. The van der Waals surface area contributed by atoms with Gasteiger partial charge in [-0.05, 0) is 30.4 Å². The second-order valence-corrected chi connectivity index (χ2v) is 7.12. The fraction of sp³-hybridized carbons (Fsp3) is 0.455. The Kier molecular flexibility index (Phi) is 3.78. The normalized spacial score (nSPS) is 23.1. The maximum atomic E-state index is 12.1. The van der Waals surface area contributed by atoms with Crippen molar-refractivity contribution >= 4 is 38.9 Å². The number of hydrogen-bond donors (Lipinski definition) is 2. The molecule has 0 saturated heterocycles. The summed E-state index contributed by atoms with van der Waals surface area (Å²) in [5, 5.41) is 0.216. The minimum absolute atomic E-state index is 0.0284. The molecule has 0 aromatic heterocycles. The summed E-state index contributed by atoms with van der Waals surface area (Å²) in [5.41, 5.74) is 5.70.